The number of hydrogen-bond acceptors (Lipinski definition) is 3. The van der Waals surface area contributed by atoms with Gasteiger partial charge in [-0.3, -0.25) is 4.99 Å². The Morgan fingerprint density at radius 2 is 1.47 bits per heavy atom. The van der Waals surface area contributed by atoms with Crippen LogP contribution < -0.4 is 9.60 Å². The third-order valence-electron chi connectivity index (χ3n) is 2.59. The van der Waals surface area contributed by atoms with Crippen molar-refractivity contribution in [3.63, 3.8) is 0 Å². The van der Waals surface area contributed by atoms with E-state index in [1.54, 1.807) is 29.7 Å². The predicted octanol–water partition coefficient (Wildman–Crippen LogP) is 1.94. The molecule has 0 amide bonds. The van der Waals surface area contributed by atoms with E-state index in [4.69, 9.17) is 0 Å². The molecule has 0 N–H and O–H groups in total. The molecule has 0 fully saturated rings. The zero-order valence-electron chi connectivity index (χ0n) is 11.3. The molecule has 19 heavy (non-hydrogen) atoms. The molecular formula is C12H17N5S2. The summed E-state index contributed by atoms with van der Waals surface area (Å²) in [6.07, 6.45) is 4.04. The van der Waals surface area contributed by atoms with Gasteiger partial charge in [0, 0.05) is 43.3 Å². The van der Waals surface area contributed by atoms with Crippen LogP contribution in [0.25, 0.3) is 0 Å². The lowest BCUT2D eigenvalue weighted by Crippen LogP contribution is -2.18. The maximum Gasteiger partial charge on any atom is 0.249 e. The fourth-order valence-electron chi connectivity index (χ4n) is 1.55. The van der Waals surface area contributed by atoms with Gasteiger partial charge in [0.1, 0.15) is 0 Å². The van der Waals surface area contributed by atoms with Gasteiger partial charge in [-0.2, -0.15) is 9.98 Å². The minimum absolute atomic E-state index is 0.509. The van der Waals surface area contributed by atoms with Gasteiger partial charge in [-0.05, 0) is 13.8 Å². The number of rotatable bonds is 2. The van der Waals surface area contributed by atoms with Crippen LogP contribution in [0, 0.1) is 0 Å². The van der Waals surface area contributed by atoms with Crippen molar-refractivity contribution in [2.75, 3.05) is 7.05 Å². The van der Waals surface area contributed by atoms with Crippen molar-refractivity contribution < 1.29 is 0 Å². The second-order valence-corrected chi connectivity index (χ2v) is 5.44. The molecule has 0 aromatic carbocycles. The number of aliphatic imine (C=N–C) groups is 1. The minimum atomic E-state index is 0.509. The zero-order valence-corrected chi connectivity index (χ0v) is 12.9. The topological polar surface area (TPSA) is 46.9 Å². The van der Waals surface area contributed by atoms with Gasteiger partial charge in [0.25, 0.3) is 0 Å². The van der Waals surface area contributed by atoms with Crippen LogP contribution in [0.5, 0.6) is 0 Å². The molecule has 2 aromatic rings. The van der Waals surface area contributed by atoms with Crippen molar-refractivity contribution >= 4 is 28.6 Å². The number of hydrogen-bond donors (Lipinski definition) is 0. The number of guanidine groups is 1. The van der Waals surface area contributed by atoms with Crippen molar-refractivity contribution in [3.05, 3.63) is 32.8 Å². The fourth-order valence-corrected chi connectivity index (χ4v) is 3.13. The highest BCUT2D eigenvalue weighted by Gasteiger charge is 1.98. The second kappa shape index (κ2) is 6.63. The van der Waals surface area contributed by atoms with Gasteiger partial charge < -0.3 is 9.13 Å². The zero-order chi connectivity index (χ0) is 13.7. The summed E-state index contributed by atoms with van der Waals surface area (Å²) in [6, 6.07) is 0. The number of aryl methyl sites for hydroxylation is 2. The number of aromatic nitrogens is 2. The summed E-state index contributed by atoms with van der Waals surface area (Å²) in [4.78, 5) is 15.0. The molecule has 0 aliphatic heterocycles. The van der Waals surface area contributed by atoms with Crippen LogP contribution in [-0.2, 0) is 13.1 Å². The van der Waals surface area contributed by atoms with Gasteiger partial charge in [0.2, 0.25) is 5.96 Å². The Morgan fingerprint density at radius 1 is 1.00 bits per heavy atom. The molecule has 2 aromatic heterocycles. The summed E-state index contributed by atoms with van der Waals surface area (Å²) in [5, 5.41) is 4.04. The van der Waals surface area contributed by atoms with Crippen molar-refractivity contribution in [1.82, 2.24) is 9.13 Å². The van der Waals surface area contributed by atoms with Crippen LogP contribution in [0.4, 0.5) is 0 Å². The molecule has 0 saturated heterocycles. The average molecular weight is 295 g/mol. The molecule has 0 bridgehead atoms. The van der Waals surface area contributed by atoms with Crippen LogP contribution in [0.15, 0.2) is 38.1 Å². The summed E-state index contributed by atoms with van der Waals surface area (Å²) in [7, 11) is 1.72. The number of thiazole rings is 2. The first kappa shape index (κ1) is 14.0. The van der Waals surface area contributed by atoms with Crippen molar-refractivity contribution in [3.8, 4) is 0 Å². The molecule has 0 saturated carbocycles. The van der Waals surface area contributed by atoms with E-state index >= 15 is 0 Å². The van der Waals surface area contributed by atoms with Crippen molar-refractivity contribution in [2.24, 2.45) is 15.0 Å². The Hall–Kier alpha value is -1.47. The van der Waals surface area contributed by atoms with Crippen LogP contribution in [-0.4, -0.2) is 22.1 Å². The van der Waals surface area contributed by atoms with Gasteiger partial charge in [0.05, 0.1) is 0 Å². The van der Waals surface area contributed by atoms with Gasteiger partial charge in [-0.1, -0.05) is 0 Å². The predicted molar refractivity (Wildman–Crippen MR) is 80.5 cm³/mol. The smallest absolute Gasteiger partial charge is 0.249 e. The van der Waals surface area contributed by atoms with E-state index < -0.39 is 0 Å². The quantitative estimate of drug-likeness (QED) is 0.600. The standard InChI is InChI=1S/C12H17N5S2/c1-4-16-6-8-18-11(16)14-10(13-3)15-12-17(5-2)7-9-19-12/h6-9H,4-5H2,1-3H3. The SMILES string of the molecule is CCn1ccsc1=NC(=NC)N=c1sccn1CC. The summed E-state index contributed by atoms with van der Waals surface area (Å²) < 4.78 is 4.15. The lowest BCUT2D eigenvalue weighted by Gasteiger charge is -1.97. The molecule has 7 heteroatoms. The molecule has 5 nitrogen and oxygen atoms in total. The Morgan fingerprint density at radius 3 is 1.84 bits per heavy atom. The van der Waals surface area contributed by atoms with Gasteiger partial charge in [0.15, 0.2) is 9.60 Å². The van der Waals surface area contributed by atoms with E-state index in [0.29, 0.717) is 5.96 Å². The molecule has 0 atom stereocenters. The second-order valence-electron chi connectivity index (χ2n) is 3.69. The summed E-state index contributed by atoms with van der Waals surface area (Å²) in [5.41, 5.74) is 0. The molecule has 0 spiro atoms. The van der Waals surface area contributed by atoms with E-state index in [1.807, 2.05) is 23.2 Å². The lowest BCUT2D eigenvalue weighted by atomic mass is 10.7. The summed E-state index contributed by atoms with van der Waals surface area (Å²) in [6.45, 7) is 5.98. The Labute approximate surface area is 120 Å². The van der Waals surface area contributed by atoms with E-state index in [-0.39, 0.29) is 0 Å². The third kappa shape index (κ3) is 3.30. The molecule has 0 aliphatic carbocycles. The third-order valence-corrected chi connectivity index (χ3v) is 4.18. The highest BCUT2D eigenvalue weighted by molar-refractivity contribution is 7.07. The Kier molecular flexibility index (Phi) is 4.86. The average Bonchev–Trinajstić information content (AvgIpc) is 3.06. The summed E-state index contributed by atoms with van der Waals surface area (Å²) in [5.74, 6) is 0.509. The fraction of sp³-hybridized carbons (Fsp3) is 0.417. The van der Waals surface area contributed by atoms with Gasteiger partial charge >= 0.3 is 0 Å². The van der Waals surface area contributed by atoms with E-state index in [1.165, 1.54) is 0 Å². The first-order chi connectivity index (χ1) is 9.28. The molecule has 0 radical (unpaired) electrons. The van der Waals surface area contributed by atoms with E-state index in [2.05, 4.69) is 38.0 Å². The monoisotopic (exact) mass is 295 g/mol. The maximum atomic E-state index is 4.52. The van der Waals surface area contributed by atoms with Gasteiger partial charge in [-0.15, -0.1) is 22.7 Å². The largest absolute Gasteiger partial charge is 0.324 e. The van der Waals surface area contributed by atoms with Crippen LogP contribution in [0.3, 0.4) is 0 Å². The highest BCUT2D eigenvalue weighted by Crippen LogP contribution is 1.93. The van der Waals surface area contributed by atoms with Crippen LogP contribution >= 0.6 is 22.7 Å². The molecular weight excluding hydrogens is 278 g/mol. The van der Waals surface area contributed by atoms with Crippen LogP contribution in [0.2, 0.25) is 0 Å². The maximum absolute atomic E-state index is 4.52. The van der Waals surface area contributed by atoms with E-state index in [9.17, 15) is 0 Å². The molecule has 102 valence electrons. The summed E-state index contributed by atoms with van der Waals surface area (Å²) >= 11 is 3.18. The lowest BCUT2D eigenvalue weighted by molar-refractivity contribution is 0.733. The highest BCUT2D eigenvalue weighted by atomic mass is 32.1. The molecule has 2 heterocycles. The van der Waals surface area contributed by atoms with Gasteiger partial charge in [-0.25, -0.2) is 0 Å². The first-order valence-electron chi connectivity index (χ1n) is 6.12. The van der Waals surface area contributed by atoms with Crippen LogP contribution in [0.1, 0.15) is 13.8 Å². The molecule has 0 unspecified atom stereocenters. The Bertz CT molecular complexity index is 627. The first-order valence-corrected chi connectivity index (χ1v) is 7.88. The van der Waals surface area contributed by atoms with E-state index in [0.717, 1.165) is 22.7 Å². The van der Waals surface area contributed by atoms with Crippen molar-refractivity contribution in [2.45, 2.75) is 26.9 Å². The number of nitrogens with zero attached hydrogens (tertiary/aromatic N) is 5. The Balaban J connectivity index is 2.44. The normalized spacial score (nSPS) is 13.0. The molecule has 2 rings (SSSR count). The minimum Gasteiger partial charge on any atom is -0.324 e. The van der Waals surface area contributed by atoms with Crippen molar-refractivity contribution in [1.29, 1.82) is 0 Å². The molecule has 0 aliphatic rings.